The fourth-order valence-corrected chi connectivity index (χ4v) is 2.09. The van der Waals surface area contributed by atoms with Crippen LogP contribution in [0, 0.1) is 12.5 Å². The highest BCUT2D eigenvalue weighted by molar-refractivity contribution is 5.66. The largest absolute Gasteiger partial charge is 0.378 e. The molecule has 0 aliphatic heterocycles. The zero-order chi connectivity index (χ0) is 16.4. The topological polar surface area (TPSA) is 15.3 Å². The van der Waals surface area contributed by atoms with Crippen LogP contribution in [-0.2, 0) is 6.42 Å². The van der Waals surface area contributed by atoms with Crippen LogP contribution >= 0.6 is 0 Å². The number of rotatable bonds is 5. The lowest BCUT2D eigenvalue weighted by Gasteiger charge is -2.12. The Bertz CT molecular complexity index is 575. The van der Waals surface area contributed by atoms with Crippen LogP contribution in [0.15, 0.2) is 48.5 Å². The van der Waals surface area contributed by atoms with Crippen molar-refractivity contribution in [2.75, 3.05) is 25.5 Å². The number of anilines is 1. The molecule has 0 saturated heterocycles. The smallest absolute Gasteiger partial charge is 0.0361 e. The minimum atomic E-state index is 0.813. The molecule has 0 radical (unpaired) electrons. The first-order chi connectivity index (χ1) is 10.7. The minimum Gasteiger partial charge on any atom is -0.378 e. The summed E-state index contributed by atoms with van der Waals surface area (Å²) in [4.78, 5) is 2.10. The number of nitrogens with one attached hydrogen (secondary N) is 1. The fraction of sp³-hybridized carbons (Fsp3) is 0.300. The molecule has 0 aliphatic carbocycles. The van der Waals surface area contributed by atoms with Crippen LogP contribution < -0.4 is 10.2 Å². The molecule has 2 heteroatoms. The van der Waals surface area contributed by atoms with Crippen LogP contribution in [0.4, 0.5) is 5.69 Å². The van der Waals surface area contributed by atoms with Gasteiger partial charge in [0.05, 0.1) is 0 Å². The van der Waals surface area contributed by atoms with E-state index in [-0.39, 0.29) is 0 Å². The molecule has 22 heavy (non-hydrogen) atoms. The summed E-state index contributed by atoms with van der Waals surface area (Å²) in [7, 11) is 4.10. The highest BCUT2D eigenvalue weighted by atomic mass is 15.1. The molecule has 0 saturated carbocycles. The molecule has 0 unspecified atom stereocenters. The van der Waals surface area contributed by atoms with Crippen LogP contribution in [0.2, 0.25) is 0 Å². The molecule has 2 aromatic carbocycles. The quantitative estimate of drug-likeness (QED) is 0.506. The lowest BCUT2D eigenvalue weighted by atomic mass is 10.0. The van der Waals surface area contributed by atoms with E-state index in [1.807, 2.05) is 27.9 Å². The Morgan fingerprint density at radius 3 is 1.86 bits per heavy atom. The lowest BCUT2D eigenvalue weighted by Crippen LogP contribution is -2.09. The van der Waals surface area contributed by atoms with Crippen molar-refractivity contribution in [3.05, 3.63) is 54.1 Å². The Kier molecular flexibility index (Phi) is 7.64. The first-order valence-corrected chi connectivity index (χ1v) is 7.76. The van der Waals surface area contributed by atoms with Crippen LogP contribution in [0.5, 0.6) is 0 Å². The number of benzene rings is 2. The van der Waals surface area contributed by atoms with Crippen LogP contribution in [0.25, 0.3) is 11.1 Å². The van der Waals surface area contributed by atoms with Gasteiger partial charge in [-0.05, 0) is 35.2 Å². The first-order valence-electron chi connectivity index (χ1n) is 7.76. The van der Waals surface area contributed by atoms with E-state index < -0.39 is 0 Å². The van der Waals surface area contributed by atoms with Gasteiger partial charge >= 0.3 is 0 Å². The van der Waals surface area contributed by atoms with Gasteiger partial charge in [-0.1, -0.05) is 56.7 Å². The molecule has 0 aliphatic rings. The average Bonchev–Trinajstić information content (AvgIpc) is 2.58. The molecule has 0 bridgehead atoms. The van der Waals surface area contributed by atoms with Gasteiger partial charge in [0, 0.05) is 32.4 Å². The standard InChI is InChI=1S/C18H20N2.C2H6/c1-4-19-14-13-15-5-7-16(8-6-15)17-9-11-18(12-10-17)20(2)3;1-2/h1,5-12,19H,13-14H2,2-3H3;1-2H3. The van der Waals surface area contributed by atoms with Gasteiger partial charge in [-0.15, -0.1) is 0 Å². The molecule has 1 N–H and O–H groups in total. The SMILES string of the molecule is C#CNCCc1ccc(-c2ccc(N(C)C)cc2)cc1.CC. The molecular weight excluding hydrogens is 268 g/mol. The second-order valence-corrected chi connectivity index (χ2v) is 4.96. The molecule has 0 heterocycles. The predicted octanol–water partition coefficient (Wildman–Crippen LogP) is 4.17. The summed E-state index contributed by atoms with van der Waals surface area (Å²) >= 11 is 0. The normalized spacial score (nSPS) is 9.23. The maximum atomic E-state index is 5.16. The fourth-order valence-electron chi connectivity index (χ4n) is 2.09. The third kappa shape index (κ3) is 5.18. The molecule has 0 fully saturated rings. The first kappa shape index (κ1) is 17.7. The van der Waals surface area contributed by atoms with Crippen molar-refractivity contribution in [1.82, 2.24) is 5.32 Å². The summed E-state index contributed by atoms with van der Waals surface area (Å²) in [5.74, 6) is 0. The van der Waals surface area contributed by atoms with Crippen molar-refractivity contribution in [3.8, 4) is 23.6 Å². The third-order valence-corrected chi connectivity index (χ3v) is 3.31. The van der Waals surface area contributed by atoms with E-state index >= 15 is 0 Å². The molecule has 0 atom stereocenters. The van der Waals surface area contributed by atoms with E-state index in [1.165, 1.54) is 22.4 Å². The monoisotopic (exact) mass is 294 g/mol. The molecule has 2 aromatic rings. The Balaban J connectivity index is 0.00000116. The van der Waals surface area contributed by atoms with Gasteiger partial charge in [0.25, 0.3) is 0 Å². The summed E-state index contributed by atoms with van der Waals surface area (Å²) < 4.78 is 0. The van der Waals surface area contributed by atoms with Crippen LogP contribution in [-0.4, -0.2) is 20.6 Å². The van der Waals surface area contributed by atoms with Gasteiger partial charge in [0.15, 0.2) is 0 Å². The van der Waals surface area contributed by atoms with Gasteiger partial charge in [0.2, 0.25) is 0 Å². The summed E-state index contributed by atoms with van der Waals surface area (Å²) in [6.07, 6.45) is 6.11. The Labute approximate surface area is 135 Å². The van der Waals surface area contributed by atoms with Gasteiger partial charge < -0.3 is 10.2 Å². The van der Waals surface area contributed by atoms with E-state index in [4.69, 9.17) is 6.42 Å². The molecular formula is C20H26N2. The minimum absolute atomic E-state index is 0.813. The summed E-state index contributed by atoms with van der Waals surface area (Å²) in [6.45, 7) is 4.81. The van der Waals surface area contributed by atoms with Gasteiger partial charge in [-0.25, -0.2) is 0 Å². The zero-order valence-electron chi connectivity index (χ0n) is 14.1. The van der Waals surface area contributed by atoms with Crippen molar-refractivity contribution in [3.63, 3.8) is 0 Å². The van der Waals surface area contributed by atoms with Crippen molar-refractivity contribution >= 4 is 5.69 Å². The van der Waals surface area contributed by atoms with Crippen LogP contribution in [0.3, 0.4) is 0 Å². The lowest BCUT2D eigenvalue weighted by molar-refractivity contribution is 0.855. The highest BCUT2D eigenvalue weighted by Crippen LogP contribution is 2.22. The van der Waals surface area contributed by atoms with E-state index in [2.05, 4.69) is 64.8 Å². The van der Waals surface area contributed by atoms with E-state index in [9.17, 15) is 0 Å². The van der Waals surface area contributed by atoms with E-state index in [0.717, 1.165) is 13.0 Å². The maximum Gasteiger partial charge on any atom is 0.0361 e. The highest BCUT2D eigenvalue weighted by Gasteiger charge is 2.00. The van der Waals surface area contributed by atoms with Crippen molar-refractivity contribution in [1.29, 1.82) is 0 Å². The molecule has 0 spiro atoms. The number of hydrogen-bond acceptors (Lipinski definition) is 2. The molecule has 0 amide bonds. The second-order valence-electron chi connectivity index (χ2n) is 4.96. The maximum absolute atomic E-state index is 5.16. The Morgan fingerprint density at radius 1 is 0.909 bits per heavy atom. The molecule has 2 rings (SSSR count). The van der Waals surface area contributed by atoms with E-state index in [0.29, 0.717) is 0 Å². The summed E-state index contributed by atoms with van der Waals surface area (Å²) in [6, 6.07) is 19.7. The van der Waals surface area contributed by atoms with E-state index in [1.54, 1.807) is 0 Å². The van der Waals surface area contributed by atoms with Gasteiger partial charge in [-0.2, -0.15) is 0 Å². The average molecular weight is 294 g/mol. The van der Waals surface area contributed by atoms with Crippen LogP contribution in [0.1, 0.15) is 19.4 Å². The number of hydrogen-bond donors (Lipinski definition) is 1. The van der Waals surface area contributed by atoms with Crippen molar-refractivity contribution < 1.29 is 0 Å². The van der Waals surface area contributed by atoms with Crippen molar-refractivity contribution in [2.45, 2.75) is 20.3 Å². The number of terminal acetylenes is 1. The zero-order valence-corrected chi connectivity index (χ0v) is 14.1. The molecule has 116 valence electrons. The third-order valence-electron chi connectivity index (χ3n) is 3.31. The summed E-state index contributed by atoms with van der Waals surface area (Å²) in [5, 5.41) is 2.88. The number of nitrogens with zero attached hydrogens (tertiary/aromatic N) is 1. The Morgan fingerprint density at radius 2 is 1.41 bits per heavy atom. The molecule has 2 nitrogen and oxygen atoms in total. The van der Waals surface area contributed by atoms with Gasteiger partial charge in [0.1, 0.15) is 0 Å². The van der Waals surface area contributed by atoms with Gasteiger partial charge in [-0.3, -0.25) is 0 Å². The second kappa shape index (κ2) is 9.52. The summed E-state index contributed by atoms with van der Waals surface area (Å²) in [5.41, 5.74) is 4.99. The predicted molar refractivity (Wildman–Crippen MR) is 98.1 cm³/mol. The Hall–Kier alpha value is -2.40. The van der Waals surface area contributed by atoms with Crippen molar-refractivity contribution in [2.24, 2.45) is 0 Å². The molecule has 0 aromatic heterocycles.